The molecular formula is C10H15N3. The number of rotatable bonds is 1. The van der Waals surface area contributed by atoms with Gasteiger partial charge in [0.25, 0.3) is 0 Å². The van der Waals surface area contributed by atoms with Gasteiger partial charge in [-0.25, -0.2) is 0 Å². The van der Waals surface area contributed by atoms with Crippen molar-refractivity contribution in [2.45, 2.75) is 20.3 Å². The maximum absolute atomic E-state index is 5.51. The summed E-state index contributed by atoms with van der Waals surface area (Å²) in [5.74, 6) is 7.26. The fourth-order valence-electron chi connectivity index (χ4n) is 0.952. The highest BCUT2D eigenvalue weighted by Gasteiger charge is 1.97. The first kappa shape index (κ1) is 9.66. The van der Waals surface area contributed by atoms with Crippen molar-refractivity contribution in [1.29, 1.82) is 0 Å². The summed E-state index contributed by atoms with van der Waals surface area (Å²) in [5, 5.41) is 4.00. The van der Waals surface area contributed by atoms with Crippen LogP contribution >= 0.6 is 0 Å². The molecule has 0 aliphatic heterocycles. The van der Waals surface area contributed by atoms with Crippen molar-refractivity contribution < 1.29 is 0 Å². The first-order valence-corrected chi connectivity index (χ1v) is 4.38. The van der Waals surface area contributed by atoms with Gasteiger partial charge in [0.05, 0.1) is 0 Å². The molecule has 0 atom stereocenters. The van der Waals surface area contributed by atoms with Gasteiger partial charge in [0.15, 0.2) is 0 Å². The van der Waals surface area contributed by atoms with Gasteiger partial charge >= 0.3 is 0 Å². The Kier molecular flexibility index (Phi) is 2.97. The van der Waals surface area contributed by atoms with E-state index in [1.807, 2.05) is 7.05 Å². The van der Waals surface area contributed by atoms with Crippen molar-refractivity contribution >= 4 is 5.82 Å². The second kappa shape index (κ2) is 3.99. The average Bonchev–Trinajstić information content (AvgIpc) is 2.29. The minimum absolute atomic E-state index is 0.524. The van der Waals surface area contributed by atoms with E-state index in [4.69, 9.17) is 5.73 Å². The first-order valence-electron chi connectivity index (χ1n) is 4.38. The average molecular weight is 177 g/mol. The Labute approximate surface area is 78.9 Å². The third kappa shape index (κ3) is 2.83. The molecule has 0 radical (unpaired) electrons. The van der Waals surface area contributed by atoms with Crippen LogP contribution in [0.1, 0.15) is 26.0 Å². The monoisotopic (exact) mass is 177 g/mol. The molecule has 0 aromatic carbocycles. The molecule has 1 rings (SSSR count). The molecule has 3 heteroatoms. The summed E-state index contributed by atoms with van der Waals surface area (Å²) in [6.45, 7) is 4.29. The van der Waals surface area contributed by atoms with Crippen LogP contribution in [0.25, 0.3) is 0 Å². The van der Waals surface area contributed by atoms with E-state index in [0.29, 0.717) is 11.7 Å². The van der Waals surface area contributed by atoms with Crippen LogP contribution < -0.4 is 5.73 Å². The Morgan fingerprint density at radius 2 is 2.31 bits per heavy atom. The molecule has 0 bridgehead atoms. The van der Waals surface area contributed by atoms with Crippen molar-refractivity contribution in [3.63, 3.8) is 0 Å². The van der Waals surface area contributed by atoms with Crippen molar-refractivity contribution in [2.24, 2.45) is 13.0 Å². The van der Waals surface area contributed by atoms with E-state index in [-0.39, 0.29) is 0 Å². The summed E-state index contributed by atoms with van der Waals surface area (Å²) >= 11 is 0. The van der Waals surface area contributed by atoms with E-state index in [1.54, 1.807) is 10.7 Å². The van der Waals surface area contributed by atoms with Gasteiger partial charge in [0, 0.05) is 19.5 Å². The zero-order chi connectivity index (χ0) is 9.84. The lowest BCUT2D eigenvalue weighted by molar-refractivity contribution is 0.675. The van der Waals surface area contributed by atoms with Crippen LogP contribution in [0, 0.1) is 17.8 Å². The lowest BCUT2D eigenvalue weighted by Crippen LogP contribution is -1.94. The standard InChI is InChI=1S/C10H15N3/c1-8(2)5-4-6-9-7-10(11)12-13(9)3/h7-8H,5H2,1-3H3,(H2,11,12). The maximum Gasteiger partial charge on any atom is 0.146 e. The molecular weight excluding hydrogens is 162 g/mol. The number of anilines is 1. The molecule has 13 heavy (non-hydrogen) atoms. The second-order valence-electron chi connectivity index (χ2n) is 3.48. The molecule has 0 amide bonds. The highest BCUT2D eigenvalue weighted by molar-refractivity contribution is 5.38. The number of nitrogens with two attached hydrogens (primary N) is 1. The van der Waals surface area contributed by atoms with E-state index in [2.05, 4.69) is 30.8 Å². The summed E-state index contributed by atoms with van der Waals surface area (Å²) in [7, 11) is 1.84. The third-order valence-corrected chi connectivity index (χ3v) is 1.63. The van der Waals surface area contributed by atoms with Gasteiger partial charge in [-0.05, 0) is 11.8 Å². The van der Waals surface area contributed by atoms with E-state index < -0.39 is 0 Å². The molecule has 0 aliphatic carbocycles. The number of hydrogen-bond donors (Lipinski definition) is 1. The minimum atomic E-state index is 0.524. The normalized spacial score (nSPS) is 9.85. The van der Waals surface area contributed by atoms with Crippen molar-refractivity contribution in [2.75, 3.05) is 5.73 Å². The predicted molar refractivity (Wildman–Crippen MR) is 54.0 cm³/mol. The topological polar surface area (TPSA) is 43.8 Å². The lowest BCUT2D eigenvalue weighted by atomic mass is 10.1. The van der Waals surface area contributed by atoms with Crippen LogP contribution in [0.3, 0.4) is 0 Å². The molecule has 0 saturated heterocycles. The summed E-state index contributed by atoms with van der Waals surface area (Å²) < 4.78 is 1.70. The van der Waals surface area contributed by atoms with Crippen molar-refractivity contribution in [3.8, 4) is 11.8 Å². The summed E-state index contributed by atoms with van der Waals surface area (Å²) in [5.41, 5.74) is 6.38. The fraction of sp³-hybridized carbons (Fsp3) is 0.500. The van der Waals surface area contributed by atoms with Gasteiger partial charge in [0.1, 0.15) is 11.5 Å². The van der Waals surface area contributed by atoms with E-state index in [0.717, 1.165) is 12.1 Å². The van der Waals surface area contributed by atoms with Gasteiger partial charge in [0.2, 0.25) is 0 Å². The Morgan fingerprint density at radius 1 is 1.62 bits per heavy atom. The molecule has 1 heterocycles. The van der Waals surface area contributed by atoms with E-state index in [1.165, 1.54) is 0 Å². The van der Waals surface area contributed by atoms with Gasteiger partial charge < -0.3 is 5.73 Å². The Bertz CT molecular complexity index is 339. The van der Waals surface area contributed by atoms with Crippen molar-refractivity contribution in [3.05, 3.63) is 11.8 Å². The summed E-state index contributed by atoms with van der Waals surface area (Å²) in [6, 6.07) is 1.79. The van der Waals surface area contributed by atoms with Crippen LogP contribution in [-0.4, -0.2) is 9.78 Å². The van der Waals surface area contributed by atoms with Crippen LogP contribution in [0.15, 0.2) is 6.07 Å². The van der Waals surface area contributed by atoms with Crippen molar-refractivity contribution in [1.82, 2.24) is 9.78 Å². The zero-order valence-electron chi connectivity index (χ0n) is 8.33. The maximum atomic E-state index is 5.51. The van der Waals surface area contributed by atoms with Gasteiger partial charge in [-0.15, -0.1) is 0 Å². The molecule has 1 aromatic rings. The van der Waals surface area contributed by atoms with Crippen LogP contribution in [0.2, 0.25) is 0 Å². The van der Waals surface area contributed by atoms with Crippen LogP contribution in [0.4, 0.5) is 5.82 Å². The van der Waals surface area contributed by atoms with Gasteiger partial charge in [-0.2, -0.15) is 5.10 Å². The lowest BCUT2D eigenvalue weighted by Gasteiger charge is -1.93. The highest BCUT2D eigenvalue weighted by atomic mass is 15.3. The zero-order valence-corrected chi connectivity index (χ0v) is 8.33. The molecule has 0 unspecified atom stereocenters. The Balaban J connectivity index is 2.71. The second-order valence-corrected chi connectivity index (χ2v) is 3.48. The minimum Gasteiger partial charge on any atom is -0.382 e. The predicted octanol–water partition coefficient (Wildman–Crippen LogP) is 1.40. The third-order valence-electron chi connectivity index (χ3n) is 1.63. The SMILES string of the molecule is CC(C)CC#Cc1cc(N)nn1C. The van der Waals surface area contributed by atoms with E-state index in [9.17, 15) is 0 Å². The number of hydrogen-bond acceptors (Lipinski definition) is 2. The van der Waals surface area contributed by atoms with E-state index >= 15 is 0 Å². The number of aromatic nitrogens is 2. The Hall–Kier alpha value is -1.43. The molecule has 2 N–H and O–H groups in total. The summed E-state index contributed by atoms with van der Waals surface area (Å²) in [6.07, 6.45) is 0.908. The quantitative estimate of drug-likeness (QED) is 0.659. The number of nitrogens with zero attached hydrogens (tertiary/aromatic N) is 2. The fourth-order valence-corrected chi connectivity index (χ4v) is 0.952. The summed E-state index contributed by atoms with van der Waals surface area (Å²) in [4.78, 5) is 0. The molecule has 0 spiro atoms. The number of nitrogen functional groups attached to an aromatic ring is 1. The molecule has 1 aromatic heterocycles. The van der Waals surface area contributed by atoms with Crippen LogP contribution in [-0.2, 0) is 7.05 Å². The van der Waals surface area contributed by atoms with Gasteiger partial charge in [-0.3, -0.25) is 4.68 Å². The number of aryl methyl sites for hydroxylation is 1. The molecule has 0 fully saturated rings. The van der Waals surface area contributed by atoms with Gasteiger partial charge in [-0.1, -0.05) is 19.8 Å². The smallest absolute Gasteiger partial charge is 0.146 e. The van der Waals surface area contributed by atoms with Crippen LogP contribution in [0.5, 0.6) is 0 Å². The highest BCUT2D eigenvalue weighted by Crippen LogP contribution is 2.03. The molecule has 0 aliphatic rings. The molecule has 70 valence electrons. The Morgan fingerprint density at radius 3 is 2.77 bits per heavy atom. The molecule has 3 nitrogen and oxygen atoms in total. The molecule has 0 saturated carbocycles. The first-order chi connectivity index (χ1) is 6.09. The largest absolute Gasteiger partial charge is 0.382 e.